The van der Waals surface area contributed by atoms with Crippen LogP contribution in [-0.4, -0.2) is 30.7 Å². The molecule has 0 fully saturated rings. The van der Waals surface area contributed by atoms with Crippen molar-refractivity contribution in [3.8, 4) is 0 Å². The van der Waals surface area contributed by atoms with Crippen LogP contribution in [0.4, 0.5) is 0 Å². The first kappa shape index (κ1) is 20.4. The normalized spacial score (nSPS) is 13.1. The summed E-state index contributed by atoms with van der Waals surface area (Å²) in [5.41, 5.74) is 0. The van der Waals surface area contributed by atoms with E-state index in [1.807, 2.05) is 0 Å². The van der Waals surface area contributed by atoms with Crippen molar-refractivity contribution in [3.63, 3.8) is 0 Å². The molecule has 0 heterocycles. The van der Waals surface area contributed by atoms with Gasteiger partial charge in [-0.25, -0.2) is 0 Å². The summed E-state index contributed by atoms with van der Waals surface area (Å²) < 4.78 is 30.3. The highest BCUT2D eigenvalue weighted by atomic mass is 32.2. The van der Waals surface area contributed by atoms with Crippen LogP contribution >= 0.6 is 0 Å². The molecular formula is C15H31NO4S. The van der Waals surface area contributed by atoms with Crippen LogP contribution in [-0.2, 0) is 14.9 Å². The first-order valence-corrected chi connectivity index (χ1v) is 9.61. The Kier molecular flexibility index (Phi) is 11.6. The average molecular weight is 321 g/mol. The van der Waals surface area contributed by atoms with Gasteiger partial charge in [0.1, 0.15) is 5.25 Å². The van der Waals surface area contributed by atoms with Gasteiger partial charge in [0.15, 0.2) is 0 Å². The highest BCUT2D eigenvalue weighted by Gasteiger charge is 2.17. The summed E-state index contributed by atoms with van der Waals surface area (Å²) in [5.74, 6) is -0.145. The molecule has 2 N–H and O–H groups in total. The molecule has 0 aromatic carbocycles. The van der Waals surface area contributed by atoms with E-state index in [1.165, 1.54) is 45.4 Å². The van der Waals surface area contributed by atoms with Crippen molar-refractivity contribution < 1.29 is 17.8 Å². The van der Waals surface area contributed by atoms with E-state index in [0.29, 0.717) is 6.42 Å². The Morgan fingerprint density at radius 3 is 1.95 bits per heavy atom. The number of carbonyl (C=O) groups excluding carboxylic acids is 1. The molecule has 1 amide bonds. The molecule has 0 rings (SSSR count). The number of unbranched alkanes of at least 4 members (excludes halogenated alkanes) is 8. The summed E-state index contributed by atoms with van der Waals surface area (Å²) in [6, 6.07) is 0. The summed E-state index contributed by atoms with van der Waals surface area (Å²) in [5, 5.41) is 1.58. The fraction of sp³-hybridized carbons (Fsp3) is 0.933. The maximum atomic E-state index is 11.5. The number of carbonyl (C=O) groups is 1. The predicted octanol–water partition coefficient (Wildman–Crippen LogP) is 3.30. The molecule has 6 heteroatoms. The Balaban J connectivity index is 3.42. The highest BCUT2D eigenvalue weighted by molar-refractivity contribution is 7.86. The standard InChI is InChI=1S/C15H31NO4S/c1-3-4-5-6-7-8-9-10-11-12-15(17)16-13-14(2)21(18,19)20/h14H,3-13H2,1-2H3,(H,16,17)(H,18,19,20). The zero-order valence-corrected chi connectivity index (χ0v) is 14.3. The molecule has 0 spiro atoms. The maximum absolute atomic E-state index is 11.5. The Morgan fingerprint density at radius 2 is 1.48 bits per heavy atom. The van der Waals surface area contributed by atoms with Crippen LogP contribution < -0.4 is 5.32 Å². The second-order valence-corrected chi connectivity index (χ2v) is 7.54. The molecule has 0 aliphatic carbocycles. The smallest absolute Gasteiger partial charge is 0.269 e. The van der Waals surface area contributed by atoms with E-state index in [9.17, 15) is 13.2 Å². The van der Waals surface area contributed by atoms with E-state index in [4.69, 9.17) is 4.55 Å². The third-order valence-electron chi connectivity index (χ3n) is 3.60. The topological polar surface area (TPSA) is 83.5 Å². The Labute approximate surface area is 129 Å². The molecule has 1 unspecified atom stereocenters. The van der Waals surface area contributed by atoms with Crippen molar-refractivity contribution in [1.82, 2.24) is 5.32 Å². The van der Waals surface area contributed by atoms with Gasteiger partial charge in [-0.3, -0.25) is 9.35 Å². The van der Waals surface area contributed by atoms with E-state index >= 15 is 0 Å². The van der Waals surface area contributed by atoms with Gasteiger partial charge in [-0.05, 0) is 13.3 Å². The number of hydrogen-bond acceptors (Lipinski definition) is 3. The van der Waals surface area contributed by atoms with E-state index in [0.717, 1.165) is 19.3 Å². The van der Waals surface area contributed by atoms with Gasteiger partial charge in [0.25, 0.3) is 10.1 Å². The SMILES string of the molecule is CCCCCCCCCCCC(=O)NCC(C)S(=O)(=O)O. The lowest BCUT2D eigenvalue weighted by Crippen LogP contribution is -2.34. The van der Waals surface area contributed by atoms with E-state index in [1.54, 1.807) is 0 Å². The summed E-state index contributed by atoms with van der Waals surface area (Å²) in [4.78, 5) is 11.5. The minimum Gasteiger partial charge on any atom is -0.355 e. The van der Waals surface area contributed by atoms with Crippen LogP contribution in [0, 0.1) is 0 Å². The number of nitrogens with one attached hydrogen (secondary N) is 1. The minimum atomic E-state index is -4.06. The molecule has 0 aromatic heterocycles. The molecule has 5 nitrogen and oxygen atoms in total. The lowest BCUT2D eigenvalue weighted by atomic mass is 10.1. The lowest BCUT2D eigenvalue weighted by Gasteiger charge is -2.09. The zero-order valence-electron chi connectivity index (χ0n) is 13.4. The Morgan fingerprint density at radius 1 is 1.00 bits per heavy atom. The fourth-order valence-corrected chi connectivity index (χ4v) is 2.34. The minimum absolute atomic E-state index is 0.0326. The second kappa shape index (κ2) is 12.0. The second-order valence-electron chi connectivity index (χ2n) is 5.71. The van der Waals surface area contributed by atoms with Gasteiger partial charge >= 0.3 is 0 Å². The summed E-state index contributed by atoms with van der Waals surface area (Å²) in [7, 11) is -4.06. The molecule has 0 aromatic rings. The molecule has 0 aliphatic rings. The van der Waals surface area contributed by atoms with E-state index < -0.39 is 15.4 Å². The first-order chi connectivity index (χ1) is 9.88. The monoisotopic (exact) mass is 321 g/mol. The fourth-order valence-electron chi connectivity index (χ4n) is 2.05. The van der Waals surface area contributed by atoms with Crippen LogP contribution in [0.15, 0.2) is 0 Å². The van der Waals surface area contributed by atoms with Crippen molar-refractivity contribution in [2.24, 2.45) is 0 Å². The lowest BCUT2D eigenvalue weighted by molar-refractivity contribution is -0.121. The van der Waals surface area contributed by atoms with Gasteiger partial charge in [0.05, 0.1) is 0 Å². The van der Waals surface area contributed by atoms with Crippen molar-refractivity contribution in [3.05, 3.63) is 0 Å². The Bertz CT molecular complexity index is 368. The predicted molar refractivity (Wildman–Crippen MR) is 85.9 cm³/mol. The third kappa shape index (κ3) is 12.8. The molecule has 0 radical (unpaired) electrons. The summed E-state index contributed by atoms with van der Waals surface area (Å²) in [6.45, 7) is 3.55. The maximum Gasteiger partial charge on any atom is 0.269 e. The van der Waals surface area contributed by atoms with Gasteiger partial charge in [0, 0.05) is 13.0 Å². The molecule has 126 valence electrons. The molecule has 0 aliphatic heterocycles. The quantitative estimate of drug-likeness (QED) is 0.403. The van der Waals surface area contributed by atoms with Gasteiger partial charge in [-0.15, -0.1) is 0 Å². The molecule has 1 atom stereocenters. The van der Waals surface area contributed by atoms with Crippen molar-refractivity contribution >= 4 is 16.0 Å². The average Bonchev–Trinajstić information content (AvgIpc) is 2.41. The van der Waals surface area contributed by atoms with Crippen molar-refractivity contribution in [2.45, 2.75) is 83.3 Å². The number of hydrogen-bond donors (Lipinski definition) is 2. The van der Waals surface area contributed by atoms with Gasteiger partial charge in [-0.2, -0.15) is 8.42 Å². The van der Waals surface area contributed by atoms with Crippen molar-refractivity contribution in [2.75, 3.05) is 6.54 Å². The number of rotatable bonds is 13. The zero-order chi connectivity index (χ0) is 16.1. The molecule has 21 heavy (non-hydrogen) atoms. The molecule has 0 bridgehead atoms. The van der Waals surface area contributed by atoms with Crippen LogP contribution in [0.1, 0.15) is 78.1 Å². The summed E-state index contributed by atoms with van der Waals surface area (Å²) in [6.07, 6.45) is 11.2. The van der Waals surface area contributed by atoms with Crippen LogP contribution in [0.5, 0.6) is 0 Å². The third-order valence-corrected chi connectivity index (χ3v) is 4.79. The first-order valence-electron chi connectivity index (χ1n) is 8.11. The van der Waals surface area contributed by atoms with Gasteiger partial charge in [-0.1, -0.05) is 58.3 Å². The molecule has 0 saturated carbocycles. The number of amides is 1. The van der Waals surface area contributed by atoms with Gasteiger partial charge < -0.3 is 5.32 Å². The molecule has 0 saturated heterocycles. The van der Waals surface area contributed by atoms with Gasteiger partial charge in [0.2, 0.25) is 5.91 Å². The van der Waals surface area contributed by atoms with E-state index in [2.05, 4.69) is 12.2 Å². The summed E-state index contributed by atoms with van der Waals surface area (Å²) >= 11 is 0. The van der Waals surface area contributed by atoms with Crippen LogP contribution in [0.25, 0.3) is 0 Å². The van der Waals surface area contributed by atoms with Crippen molar-refractivity contribution in [1.29, 1.82) is 0 Å². The Hall–Kier alpha value is -0.620. The van der Waals surface area contributed by atoms with Crippen LogP contribution in [0.2, 0.25) is 0 Å². The highest BCUT2D eigenvalue weighted by Crippen LogP contribution is 2.10. The molecular weight excluding hydrogens is 290 g/mol. The van der Waals surface area contributed by atoms with Crippen LogP contribution in [0.3, 0.4) is 0 Å². The van der Waals surface area contributed by atoms with E-state index in [-0.39, 0.29) is 12.5 Å². The largest absolute Gasteiger partial charge is 0.355 e.